The molecule has 0 aromatic heterocycles. The zero-order chi connectivity index (χ0) is 25.8. The number of hydrogen-bond acceptors (Lipinski definition) is 4. The van der Waals surface area contributed by atoms with Gasteiger partial charge in [-0.15, -0.1) is 0 Å². The monoisotopic (exact) mass is 487 g/mol. The third-order valence-electron chi connectivity index (χ3n) is 5.81. The fourth-order valence-corrected chi connectivity index (χ4v) is 4.01. The second-order valence-corrected chi connectivity index (χ2v) is 8.42. The van der Waals surface area contributed by atoms with Crippen molar-refractivity contribution >= 4 is 17.8 Å². The molecule has 8 heteroatoms. The average molecular weight is 488 g/mol. The van der Waals surface area contributed by atoms with E-state index in [0.29, 0.717) is 19.4 Å². The number of aliphatic hydroxyl groups is 1. The van der Waals surface area contributed by atoms with Gasteiger partial charge in [0.05, 0.1) is 18.6 Å². The van der Waals surface area contributed by atoms with Gasteiger partial charge in [-0.25, -0.2) is 0 Å². The van der Waals surface area contributed by atoms with Gasteiger partial charge in [0.15, 0.2) is 5.96 Å². The number of nitrogens with zero attached hydrogens (tertiary/aromatic N) is 1. The summed E-state index contributed by atoms with van der Waals surface area (Å²) in [5, 5.41) is 15.7. The zero-order valence-corrected chi connectivity index (χ0v) is 20.1. The van der Waals surface area contributed by atoms with Crippen LogP contribution in [0.25, 0.3) is 0 Å². The molecule has 2 amide bonds. The van der Waals surface area contributed by atoms with Gasteiger partial charge in [-0.3, -0.25) is 14.6 Å². The SMILES string of the molecule is NC(N)=NCCC[C@@H](NC(=O)C(c1ccccc1)c1ccccc1)C(=O)N[C@H](CO)c1ccccc1. The fourth-order valence-electron chi connectivity index (χ4n) is 4.01. The quantitative estimate of drug-likeness (QED) is 0.151. The molecule has 0 fully saturated rings. The van der Waals surface area contributed by atoms with Gasteiger partial charge in [0.2, 0.25) is 11.8 Å². The number of aliphatic imine (C=N–C) groups is 1. The topological polar surface area (TPSA) is 143 Å². The van der Waals surface area contributed by atoms with Crippen molar-refractivity contribution in [3.63, 3.8) is 0 Å². The van der Waals surface area contributed by atoms with Crippen molar-refractivity contribution in [1.82, 2.24) is 10.6 Å². The minimum Gasteiger partial charge on any atom is -0.394 e. The van der Waals surface area contributed by atoms with E-state index in [2.05, 4.69) is 15.6 Å². The summed E-state index contributed by atoms with van der Waals surface area (Å²) in [7, 11) is 0. The maximum absolute atomic E-state index is 13.6. The van der Waals surface area contributed by atoms with Crippen LogP contribution in [0.3, 0.4) is 0 Å². The molecule has 0 heterocycles. The van der Waals surface area contributed by atoms with Crippen LogP contribution in [0.5, 0.6) is 0 Å². The Kier molecular flexibility index (Phi) is 10.0. The molecule has 0 radical (unpaired) electrons. The molecule has 0 aliphatic carbocycles. The molecule has 7 N–H and O–H groups in total. The maximum atomic E-state index is 13.6. The Morgan fingerprint density at radius 1 is 0.750 bits per heavy atom. The van der Waals surface area contributed by atoms with E-state index in [9.17, 15) is 14.7 Å². The lowest BCUT2D eigenvalue weighted by Crippen LogP contribution is -2.49. The van der Waals surface area contributed by atoms with Crippen LogP contribution < -0.4 is 22.1 Å². The Morgan fingerprint density at radius 3 is 1.72 bits per heavy atom. The van der Waals surface area contributed by atoms with Crippen molar-refractivity contribution in [3.05, 3.63) is 108 Å². The minimum absolute atomic E-state index is 0.0299. The molecule has 0 aliphatic heterocycles. The highest BCUT2D eigenvalue weighted by atomic mass is 16.3. The van der Waals surface area contributed by atoms with Crippen molar-refractivity contribution in [2.75, 3.05) is 13.2 Å². The van der Waals surface area contributed by atoms with E-state index in [0.717, 1.165) is 16.7 Å². The molecule has 0 saturated carbocycles. The van der Waals surface area contributed by atoms with E-state index in [1.54, 1.807) is 0 Å². The predicted molar refractivity (Wildman–Crippen MR) is 141 cm³/mol. The van der Waals surface area contributed by atoms with Crippen molar-refractivity contribution in [2.24, 2.45) is 16.5 Å². The summed E-state index contributed by atoms with van der Waals surface area (Å²) in [5.74, 6) is -1.31. The van der Waals surface area contributed by atoms with Gasteiger partial charge >= 0.3 is 0 Å². The number of carbonyl (C=O) groups excluding carboxylic acids is 2. The Bertz CT molecular complexity index is 1080. The number of guanidine groups is 1. The van der Waals surface area contributed by atoms with E-state index < -0.39 is 23.9 Å². The predicted octanol–water partition coefficient (Wildman–Crippen LogP) is 2.21. The molecule has 0 bridgehead atoms. The number of aliphatic hydroxyl groups excluding tert-OH is 1. The third-order valence-corrected chi connectivity index (χ3v) is 5.81. The fraction of sp³-hybridized carbons (Fsp3) is 0.250. The number of nitrogens with two attached hydrogens (primary N) is 2. The lowest BCUT2D eigenvalue weighted by molar-refractivity contribution is -0.130. The smallest absolute Gasteiger partial charge is 0.243 e. The lowest BCUT2D eigenvalue weighted by Gasteiger charge is -2.25. The summed E-state index contributed by atoms with van der Waals surface area (Å²) < 4.78 is 0. The lowest BCUT2D eigenvalue weighted by atomic mass is 9.90. The first kappa shape index (κ1) is 26.4. The van der Waals surface area contributed by atoms with Gasteiger partial charge in [-0.1, -0.05) is 91.0 Å². The molecule has 3 rings (SSSR count). The number of nitrogens with one attached hydrogen (secondary N) is 2. The molecule has 2 atom stereocenters. The Labute approximate surface area is 211 Å². The van der Waals surface area contributed by atoms with Crippen LogP contribution in [-0.4, -0.2) is 42.1 Å². The first-order valence-electron chi connectivity index (χ1n) is 11.9. The second-order valence-electron chi connectivity index (χ2n) is 8.42. The first-order chi connectivity index (χ1) is 17.5. The summed E-state index contributed by atoms with van der Waals surface area (Å²) in [6.45, 7) is 0.0476. The highest BCUT2D eigenvalue weighted by Gasteiger charge is 2.28. The van der Waals surface area contributed by atoms with E-state index in [4.69, 9.17) is 11.5 Å². The Morgan fingerprint density at radius 2 is 1.25 bits per heavy atom. The summed E-state index contributed by atoms with van der Waals surface area (Å²) in [5.41, 5.74) is 13.2. The zero-order valence-electron chi connectivity index (χ0n) is 20.1. The molecule has 0 unspecified atom stereocenters. The van der Waals surface area contributed by atoms with Crippen molar-refractivity contribution in [2.45, 2.75) is 30.8 Å². The van der Waals surface area contributed by atoms with Crippen molar-refractivity contribution in [1.29, 1.82) is 0 Å². The van der Waals surface area contributed by atoms with Gasteiger partial charge in [0.25, 0.3) is 0 Å². The largest absolute Gasteiger partial charge is 0.394 e. The van der Waals surface area contributed by atoms with Gasteiger partial charge in [-0.05, 0) is 29.5 Å². The molecular formula is C28H33N5O3. The molecule has 0 aliphatic rings. The minimum atomic E-state index is -0.848. The standard InChI is InChI=1S/C28H33N5O3/c29-28(30)31-18-10-17-23(26(35)33-24(19-34)20-11-4-1-5-12-20)32-27(36)25(21-13-6-2-7-14-21)22-15-8-3-9-16-22/h1-9,11-16,23-25,34H,10,17-19H2,(H,32,36)(H,33,35)(H4,29,30,31)/t23-,24-/m1/s1. The number of rotatable bonds is 12. The van der Waals surface area contributed by atoms with Crippen LogP contribution in [0.1, 0.15) is 41.5 Å². The number of carbonyl (C=O) groups is 2. The molecule has 8 nitrogen and oxygen atoms in total. The van der Waals surface area contributed by atoms with Crippen LogP contribution in [0.15, 0.2) is 96.0 Å². The van der Waals surface area contributed by atoms with Crippen LogP contribution in [0, 0.1) is 0 Å². The molecular weight excluding hydrogens is 454 g/mol. The molecule has 3 aromatic rings. The second kappa shape index (κ2) is 13.7. The first-order valence-corrected chi connectivity index (χ1v) is 11.9. The number of amides is 2. The van der Waals surface area contributed by atoms with E-state index in [1.165, 1.54) is 0 Å². The van der Waals surface area contributed by atoms with Crippen molar-refractivity contribution < 1.29 is 14.7 Å². The molecule has 3 aromatic carbocycles. The van der Waals surface area contributed by atoms with Crippen LogP contribution in [-0.2, 0) is 9.59 Å². The third kappa shape index (κ3) is 7.68. The highest BCUT2D eigenvalue weighted by molar-refractivity contribution is 5.92. The Balaban J connectivity index is 1.82. The summed E-state index contributed by atoms with van der Waals surface area (Å²) in [6, 6.07) is 26.6. The average Bonchev–Trinajstić information content (AvgIpc) is 2.90. The molecule has 0 saturated heterocycles. The summed E-state index contributed by atoms with van der Waals surface area (Å²) in [6.07, 6.45) is 0.796. The van der Waals surface area contributed by atoms with Crippen LogP contribution in [0.2, 0.25) is 0 Å². The van der Waals surface area contributed by atoms with Crippen LogP contribution in [0.4, 0.5) is 0 Å². The summed E-state index contributed by atoms with van der Waals surface area (Å²) in [4.78, 5) is 30.9. The van der Waals surface area contributed by atoms with E-state index >= 15 is 0 Å². The number of benzene rings is 3. The Hall–Kier alpha value is -4.17. The summed E-state index contributed by atoms with van der Waals surface area (Å²) >= 11 is 0. The van der Waals surface area contributed by atoms with Gasteiger partial charge < -0.3 is 27.2 Å². The van der Waals surface area contributed by atoms with Crippen molar-refractivity contribution in [3.8, 4) is 0 Å². The normalized spacial score (nSPS) is 12.4. The van der Waals surface area contributed by atoms with Gasteiger partial charge in [-0.2, -0.15) is 0 Å². The molecule has 36 heavy (non-hydrogen) atoms. The van der Waals surface area contributed by atoms with E-state index in [-0.39, 0.29) is 18.5 Å². The van der Waals surface area contributed by atoms with E-state index in [1.807, 2.05) is 91.0 Å². The van der Waals surface area contributed by atoms with Crippen LogP contribution >= 0.6 is 0 Å². The molecule has 0 spiro atoms. The van der Waals surface area contributed by atoms with Gasteiger partial charge in [0.1, 0.15) is 6.04 Å². The number of hydrogen-bond donors (Lipinski definition) is 5. The highest BCUT2D eigenvalue weighted by Crippen LogP contribution is 2.25. The maximum Gasteiger partial charge on any atom is 0.243 e. The van der Waals surface area contributed by atoms with Gasteiger partial charge in [0, 0.05) is 6.54 Å². The molecule has 188 valence electrons.